The van der Waals surface area contributed by atoms with E-state index in [9.17, 15) is 4.79 Å². The van der Waals surface area contributed by atoms with Crippen molar-refractivity contribution in [1.82, 2.24) is 0 Å². The Kier molecular flexibility index (Phi) is 6.29. The molecular formula is C22H20ClNO2. The van der Waals surface area contributed by atoms with Gasteiger partial charge in [0.05, 0.1) is 0 Å². The first-order valence-electron chi connectivity index (χ1n) is 8.51. The van der Waals surface area contributed by atoms with Gasteiger partial charge in [0.2, 0.25) is 5.91 Å². The number of nitrogens with one attached hydrogen (secondary N) is 1. The molecule has 0 radical (unpaired) electrons. The van der Waals surface area contributed by atoms with Crippen LogP contribution < -0.4 is 10.1 Å². The van der Waals surface area contributed by atoms with Gasteiger partial charge in [-0.15, -0.1) is 0 Å². The Bertz CT molecular complexity index is 848. The summed E-state index contributed by atoms with van der Waals surface area (Å²) in [5.41, 5.74) is 2.85. The first-order chi connectivity index (χ1) is 12.7. The zero-order valence-corrected chi connectivity index (χ0v) is 15.1. The monoisotopic (exact) mass is 365 g/mol. The van der Waals surface area contributed by atoms with E-state index in [0.29, 0.717) is 18.1 Å². The van der Waals surface area contributed by atoms with Crippen molar-refractivity contribution in [3.05, 3.63) is 95.0 Å². The predicted molar refractivity (Wildman–Crippen MR) is 106 cm³/mol. The molecule has 3 aromatic rings. The molecular weight excluding hydrogens is 346 g/mol. The number of halogens is 1. The minimum absolute atomic E-state index is 0.00131. The van der Waals surface area contributed by atoms with E-state index in [1.54, 1.807) is 0 Å². The van der Waals surface area contributed by atoms with E-state index in [-0.39, 0.29) is 5.91 Å². The molecule has 1 N–H and O–H groups in total. The quantitative estimate of drug-likeness (QED) is 0.601. The van der Waals surface area contributed by atoms with Crippen LogP contribution in [0.4, 0.5) is 5.69 Å². The van der Waals surface area contributed by atoms with E-state index >= 15 is 0 Å². The van der Waals surface area contributed by atoms with Crippen molar-refractivity contribution in [2.24, 2.45) is 0 Å². The summed E-state index contributed by atoms with van der Waals surface area (Å²) in [7, 11) is 0. The lowest BCUT2D eigenvalue weighted by atomic mass is 10.1. The van der Waals surface area contributed by atoms with Crippen molar-refractivity contribution >= 4 is 23.2 Å². The molecule has 0 saturated heterocycles. The van der Waals surface area contributed by atoms with Gasteiger partial charge in [-0.25, -0.2) is 0 Å². The molecule has 0 aromatic heterocycles. The highest BCUT2D eigenvalue weighted by Crippen LogP contribution is 2.20. The van der Waals surface area contributed by atoms with Crippen molar-refractivity contribution in [3.63, 3.8) is 0 Å². The number of anilines is 1. The number of benzene rings is 3. The lowest BCUT2D eigenvalue weighted by Gasteiger charge is -2.09. The van der Waals surface area contributed by atoms with Gasteiger partial charge in [-0.2, -0.15) is 0 Å². The smallest absolute Gasteiger partial charge is 0.224 e. The fourth-order valence-electron chi connectivity index (χ4n) is 2.54. The summed E-state index contributed by atoms with van der Waals surface area (Å²) in [5.74, 6) is 0.728. The maximum Gasteiger partial charge on any atom is 0.224 e. The second kappa shape index (κ2) is 9.07. The zero-order valence-electron chi connectivity index (χ0n) is 14.3. The number of carbonyl (C=O) groups is 1. The van der Waals surface area contributed by atoms with Gasteiger partial charge in [0.15, 0.2) is 0 Å². The van der Waals surface area contributed by atoms with Crippen LogP contribution >= 0.6 is 11.6 Å². The Morgan fingerprint density at radius 3 is 2.31 bits per heavy atom. The van der Waals surface area contributed by atoms with Gasteiger partial charge in [0.25, 0.3) is 0 Å². The third-order valence-electron chi connectivity index (χ3n) is 3.97. The predicted octanol–water partition coefficient (Wildman–Crippen LogP) is 5.49. The molecule has 0 fully saturated rings. The van der Waals surface area contributed by atoms with Crippen LogP contribution in [0.15, 0.2) is 78.9 Å². The molecule has 132 valence electrons. The van der Waals surface area contributed by atoms with Crippen LogP contribution in [0.25, 0.3) is 0 Å². The number of rotatable bonds is 7. The Hall–Kier alpha value is -2.78. The van der Waals surface area contributed by atoms with Crippen LogP contribution in [0.5, 0.6) is 5.75 Å². The molecule has 0 spiro atoms. The lowest BCUT2D eigenvalue weighted by Crippen LogP contribution is -2.12. The molecule has 3 rings (SSSR count). The summed E-state index contributed by atoms with van der Waals surface area (Å²) in [6.45, 7) is 0.405. The summed E-state index contributed by atoms with van der Waals surface area (Å²) in [6, 6.07) is 24.9. The number of carbonyl (C=O) groups excluding carboxylic acids is 1. The third kappa shape index (κ3) is 5.36. The largest absolute Gasteiger partial charge is 0.489 e. The molecule has 0 aliphatic rings. The van der Waals surface area contributed by atoms with Gasteiger partial charge >= 0.3 is 0 Å². The molecule has 0 atom stereocenters. The van der Waals surface area contributed by atoms with Gasteiger partial charge in [-0.3, -0.25) is 4.79 Å². The van der Waals surface area contributed by atoms with E-state index in [0.717, 1.165) is 29.0 Å². The van der Waals surface area contributed by atoms with E-state index in [2.05, 4.69) is 5.32 Å². The Balaban J connectivity index is 1.48. The van der Waals surface area contributed by atoms with Gasteiger partial charge in [-0.05, 0) is 42.3 Å². The lowest BCUT2D eigenvalue weighted by molar-refractivity contribution is -0.116. The van der Waals surface area contributed by atoms with Crippen molar-refractivity contribution in [3.8, 4) is 5.75 Å². The number of ether oxygens (including phenoxy) is 1. The third-order valence-corrected chi connectivity index (χ3v) is 4.34. The second-order valence-electron chi connectivity index (χ2n) is 5.94. The molecule has 26 heavy (non-hydrogen) atoms. The number of hydrogen-bond donors (Lipinski definition) is 1. The molecule has 4 heteroatoms. The summed E-state index contributed by atoms with van der Waals surface area (Å²) < 4.78 is 5.74. The molecule has 3 aromatic carbocycles. The summed E-state index contributed by atoms with van der Waals surface area (Å²) in [5, 5.41) is 3.60. The highest BCUT2D eigenvalue weighted by atomic mass is 35.5. The fourth-order valence-corrected chi connectivity index (χ4v) is 2.73. The summed E-state index contributed by atoms with van der Waals surface area (Å²) in [6.07, 6.45) is 1.18. The molecule has 0 aliphatic heterocycles. The van der Waals surface area contributed by atoms with E-state index in [1.165, 1.54) is 0 Å². The Labute approximate surface area is 158 Å². The molecule has 0 unspecified atom stereocenters. The number of hydrogen-bond acceptors (Lipinski definition) is 2. The topological polar surface area (TPSA) is 38.3 Å². The molecule has 1 amide bonds. The van der Waals surface area contributed by atoms with Crippen LogP contribution in [-0.4, -0.2) is 5.91 Å². The Morgan fingerprint density at radius 2 is 1.58 bits per heavy atom. The first-order valence-corrected chi connectivity index (χ1v) is 8.88. The normalized spacial score (nSPS) is 10.3. The number of amides is 1. The SMILES string of the molecule is O=C(CCc1ccccc1)Nc1ccc(OCc2ccccc2Cl)cc1. The van der Waals surface area contributed by atoms with E-state index in [4.69, 9.17) is 16.3 Å². The van der Waals surface area contributed by atoms with Crippen molar-refractivity contribution in [1.29, 1.82) is 0 Å². The van der Waals surface area contributed by atoms with Gasteiger partial charge < -0.3 is 10.1 Å². The second-order valence-corrected chi connectivity index (χ2v) is 6.35. The van der Waals surface area contributed by atoms with Crippen LogP contribution in [-0.2, 0) is 17.8 Å². The van der Waals surface area contributed by atoms with Crippen LogP contribution in [0.2, 0.25) is 5.02 Å². The summed E-state index contributed by atoms with van der Waals surface area (Å²) >= 11 is 6.12. The zero-order chi connectivity index (χ0) is 18.2. The molecule has 0 heterocycles. The van der Waals surface area contributed by atoms with E-state index in [1.807, 2.05) is 78.9 Å². The van der Waals surface area contributed by atoms with Crippen LogP contribution in [0.1, 0.15) is 17.5 Å². The maximum absolute atomic E-state index is 12.1. The van der Waals surface area contributed by atoms with Crippen molar-refractivity contribution < 1.29 is 9.53 Å². The van der Waals surface area contributed by atoms with Gasteiger partial charge in [0.1, 0.15) is 12.4 Å². The van der Waals surface area contributed by atoms with E-state index < -0.39 is 0 Å². The fraction of sp³-hybridized carbons (Fsp3) is 0.136. The van der Waals surface area contributed by atoms with Crippen LogP contribution in [0, 0.1) is 0 Å². The van der Waals surface area contributed by atoms with Crippen LogP contribution in [0.3, 0.4) is 0 Å². The molecule has 0 bridgehead atoms. The maximum atomic E-state index is 12.1. The highest BCUT2D eigenvalue weighted by Gasteiger charge is 2.04. The standard InChI is InChI=1S/C22H20ClNO2/c23-21-9-5-4-8-18(21)16-26-20-13-11-19(12-14-20)24-22(25)15-10-17-6-2-1-3-7-17/h1-9,11-14H,10,15-16H2,(H,24,25). The average Bonchev–Trinajstić information content (AvgIpc) is 2.68. The first kappa shape index (κ1) is 18.0. The van der Waals surface area contributed by atoms with Crippen molar-refractivity contribution in [2.45, 2.75) is 19.4 Å². The molecule has 3 nitrogen and oxygen atoms in total. The molecule has 0 aliphatic carbocycles. The van der Waals surface area contributed by atoms with Gasteiger partial charge in [-0.1, -0.05) is 60.1 Å². The number of aryl methyl sites for hydroxylation is 1. The average molecular weight is 366 g/mol. The van der Waals surface area contributed by atoms with Gasteiger partial charge in [0, 0.05) is 22.7 Å². The minimum Gasteiger partial charge on any atom is -0.489 e. The minimum atomic E-state index is -0.00131. The summed E-state index contributed by atoms with van der Waals surface area (Å²) in [4.78, 5) is 12.1. The van der Waals surface area contributed by atoms with Crippen molar-refractivity contribution in [2.75, 3.05) is 5.32 Å². The Morgan fingerprint density at radius 1 is 0.885 bits per heavy atom. The molecule has 0 saturated carbocycles. The highest BCUT2D eigenvalue weighted by molar-refractivity contribution is 6.31.